The lowest BCUT2D eigenvalue weighted by Crippen LogP contribution is -2.16. The van der Waals surface area contributed by atoms with Crippen molar-refractivity contribution in [2.24, 2.45) is 0 Å². The number of aromatic nitrogens is 3. The molecule has 1 heterocycles. The number of rotatable bonds is 5. The Hall–Kier alpha value is -2.08. The van der Waals surface area contributed by atoms with Crippen LogP contribution in [0.3, 0.4) is 0 Å². The normalized spacial score (nSPS) is 10.3. The van der Waals surface area contributed by atoms with Crippen LogP contribution in [0.1, 0.15) is 6.92 Å². The van der Waals surface area contributed by atoms with Gasteiger partial charge in [0.2, 0.25) is 11.9 Å². The third-order valence-electron chi connectivity index (χ3n) is 2.76. The second-order valence-corrected chi connectivity index (χ2v) is 4.99. The molecule has 6 nitrogen and oxygen atoms in total. The fourth-order valence-electron chi connectivity index (χ4n) is 1.78. The largest absolute Gasteiger partial charge is 0.496 e. The van der Waals surface area contributed by atoms with Crippen molar-refractivity contribution in [3.05, 3.63) is 23.2 Å². The van der Waals surface area contributed by atoms with E-state index in [0.717, 1.165) is 12.1 Å². The lowest BCUT2D eigenvalue weighted by molar-refractivity contribution is 0.416. The first-order valence-corrected chi connectivity index (χ1v) is 6.94. The number of hydrogen-bond donors (Lipinski definition) is 1. The van der Waals surface area contributed by atoms with Gasteiger partial charge in [0.05, 0.1) is 12.7 Å². The van der Waals surface area contributed by atoms with E-state index >= 15 is 0 Å². The molecule has 0 spiro atoms. The molecule has 0 aliphatic heterocycles. The Bertz CT molecular complexity index is 633. The molecule has 1 N–H and O–H groups in total. The SMILES string of the molecule is CCNc1nc(-c2cc(Cl)ccc2OC)nc(N(C)C)n1. The molecule has 0 radical (unpaired) electrons. The van der Waals surface area contributed by atoms with E-state index in [4.69, 9.17) is 16.3 Å². The summed E-state index contributed by atoms with van der Waals surface area (Å²) in [6, 6.07) is 5.34. The Kier molecular flexibility index (Phi) is 4.80. The fourth-order valence-corrected chi connectivity index (χ4v) is 1.95. The Morgan fingerprint density at radius 3 is 2.62 bits per heavy atom. The van der Waals surface area contributed by atoms with E-state index in [1.165, 1.54) is 0 Å². The zero-order chi connectivity index (χ0) is 15.4. The highest BCUT2D eigenvalue weighted by molar-refractivity contribution is 6.30. The topological polar surface area (TPSA) is 63.2 Å². The molecule has 7 heteroatoms. The van der Waals surface area contributed by atoms with Gasteiger partial charge in [-0.2, -0.15) is 15.0 Å². The molecule has 0 amide bonds. The van der Waals surface area contributed by atoms with Crippen LogP contribution in [0.4, 0.5) is 11.9 Å². The highest BCUT2D eigenvalue weighted by atomic mass is 35.5. The zero-order valence-corrected chi connectivity index (χ0v) is 13.3. The Labute approximate surface area is 129 Å². The van der Waals surface area contributed by atoms with Crippen LogP contribution in [-0.2, 0) is 0 Å². The van der Waals surface area contributed by atoms with Crippen LogP contribution >= 0.6 is 11.6 Å². The summed E-state index contributed by atoms with van der Waals surface area (Å²) in [5.74, 6) is 2.27. The molecule has 1 aromatic carbocycles. The minimum Gasteiger partial charge on any atom is -0.496 e. The summed E-state index contributed by atoms with van der Waals surface area (Å²) in [5.41, 5.74) is 0.731. The highest BCUT2D eigenvalue weighted by Crippen LogP contribution is 2.31. The predicted molar refractivity (Wildman–Crippen MR) is 85.3 cm³/mol. The van der Waals surface area contributed by atoms with Gasteiger partial charge >= 0.3 is 0 Å². The average Bonchev–Trinajstić information content (AvgIpc) is 2.47. The van der Waals surface area contributed by atoms with Crippen LogP contribution in [-0.4, -0.2) is 42.7 Å². The van der Waals surface area contributed by atoms with Gasteiger partial charge in [-0.1, -0.05) is 11.6 Å². The van der Waals surface area contributed by atoms with E-state index in [0.29, 0.717) is 28.5 Å². The Morgan fingerprint density at radius 2 is 2.00 bits per heavy atom. The van der Waals surface area contributed by atoms with Crippen molar-refractivity contribution < 1.29 is 4.74 Å². The molecule has 0 aliphatic carbocycles. The maximum atomic E-state index is 6.07. The summed E-state index contributed by atoms with van der Waals surface area (Å²) < 4.78 is 5.36. The molecule has 0 bridgehead atoms. The van der Waals surface area contributed by atoms with Crippen molar-refractivity contribution in [1.82, 2.24) is 15.0 Å². The third kappa shape index (κ3) is 3.52. The van der Waals surface area contributed by atoms with Crippen molar-refractivity contribution in [3.63, 3.8) is 0 Å². The number of methoxy groups -OCH3 is 1. The third-order valence-corrected chi connectivity index (χ3v) is 3.00. The van der Waals surface area contributed by atoms with Gasteiger partial charge in [-0.3, -0.25) is 0 Å². The molecule has 0 fully saturated rings. The Morgan fingerprint density at radius 1 is 1.24 bits per heavy atom. The molecule has 0 atom stereocenters. The van der Waals surface area contributed by atoms with Crippen molar-refractivity contribution in [2.45, 2.75) is 6.92 Å². The molecule has 112 valence electrons. The maximum absolute atomic E-state index is 6.07. The summed E-state index contributed by atoms with van der Waals surface area (Å²) >= 11 is 6.07. The van der Waals surface area contributed by atoms with E-state index in [9.17, 15) is 0 Å². The van der Waals surface area contributed by atoms with Crippen LogP contribution in [0.5, 0.6) is 5.75 Å². The number of anilines is 2. The number of nitrogens with zero attached hydrogens (tertiary/aromatic N) is 4. The van der Waals surface area contributed by atoms with Crippen molar-refractivity contribution in [3.8, 4) is 17.1 Å². The van der Waals surface area contributed by atoms with E-state index in [-0.39, 0.29) is 0 Å². The van der Waals surface area contributed by atoms with Crippen LogP contribution < -0.4 is 15.0 Å². The van der Waals surface area contributed by atoms with Gasteiger partial charge in [-0.05, 0) is 25.1 Å². The monoisotopic (exact) mass is 307 g/mol. The summed E-state index contributed by atoms with van der Waals surface area (Å²) in [6.07, 6.45) is 0. The lowest BCUT2D eigenvalue weighted by Gasteiger charge is -2.14. The van der Waals surface area contributed by atoms with Gasteiger partial charge in [0.25, 0.3) is 0 Å². The summed E-state index contributed by atoms with van der Waals surface area (Å²) in [5, 5.41) is 3.70. The molecule has 2 aromatic rings. The summed E-state index contributed by atoms with van der Waals surface area (Å²) in [4.78, 5) is 15.1. The molecule has 0 saturated heterocycles. The number of halogens is 1. The first kappa shape index (κ1) is 15.3. The van der Waals surface area contributed by atoms with Crippen molar-refractivity contribution >= 4 is 23.5 Å². The van der Waals surface area contributed by atoms with Crippen molar-refractivity contribution in [2.75, 3.05) is 38.0 Å². The van der Waals surface area contributed by atoms with Gasteiger partial charge in [0, 0.05) is 25.7 Å². The lowest BCUT2D eigenvalue weighted by atomic mass is 10.2. The van der Waals surface area contributed by atoms with Crippen molar-refractivity contribution in [1.29, 1.82) is 0 Å². The van der Waals surface area contributed by atoms with Crippen LogP contribution in [0.15, 0.2) is 18.2 Å². The molecule has 0 saturated carbocycles. The second kappa shape index (κ2) is 6.58. The van der Waals surface area contributed by atoms with Gasteiger partial charge < -0.3 is 15.0 Å². The number of nitrogens with one attached hydrogen (secondary N) is 1. The van der Waals surface area contributed by atoms with E-state index in [1.807, 2.05) is 25.9 Å². The predicted octanol–water partition coefficient (Wildman–Crippen LogP) is 2.70. The molecular formula is C14H18ClN5O. The minimum absolute atomic E-state index is 0.518. The standard InChI is InChI=1S/C14H18ClN5O/c1-5-16-13-17-12(18-14(19-13)20(2)3)10-8-9(15)6-7-11(10)21-4/h6-8H,5H2,1-4H3,(H,16,17,18,19). The number of benzene rings is 1. The van der Waals surface area contributed by atoms with Crippen LogP contribution in [0.25, 0.3) is 11.4 Å². The number of ether oxygens (including phenoxy) is 1. The van der Waals surface area contributed by atoms with E-state index in [1.54, 1.807) is 25.3 Å². The molecule has 1 aromatic heterocycles. The average molecular weight is 308 g/mol. The second-order valence-electron chi connectivity index (χ2n) is 4.55. The van der Waals surface area contributed by atoms with Crippen LogP contribution in [0, 0.1) is 0 Å². The van der Waals surface area contributed by atoms with E-state index < -0.39 is 0 Å². The van der Waals surface area contributed by atoms with Gasteiger partial charge in [0.15, 0.2) is 5.82 Å². The van der Waals surface area contributed by atoms with Crippen LogP contribution in [0.2, 0.25) is 5.02 Å². The molecule has 0 aliphatic rings. The molecule has 21 heavy (non-hydrogen) atoms. The van der Waals surface area contributed by atoms with Gasteiger partial charge in [-0.25, -0.2) is 0 Å². The highest BCUT2D eigenvalue weighted by Gasteiger charge is 2.14. The maximum Gasteiger partial charge on any atom is 0.230 e. The molecule has 2 rings (SSSR count). The summed E-state index contributed by atoms with van der Waals surface area (Å²) in [7, 11) is 5.36. The fraction of sp³-hybridized carbons (Fsp3) is 0.357. The Balaban J connectivity index is 2.59. The van der Waals surface area contributed by atoms with Gasteiger partial charge in [0.1, 0.15) is 5.75 Å². The summed E-state index contributed by atoms with van der Waals surface area (Å²) in [6.45, 7) is 2.71. The quantitative estimate of drug-likeness (QED) is 0.916. The number of hydrogen-bond acceptors (Lipinski definition) is 6. The first-order valence-electron chi connectivity index (χ1n) is 6.56. The molecule has 0 unspecified atom stereocenters. The zero-order valence-electron chi connectivity index (χ0n) is 12.5. The minimum atomic E-state index is 0.518. The smallest absolute Gasteiger partial charge is 0.230 e. The first-order chi connectivity index (χ1) is 10.0. The van der Waals surface area contributed by atoms with Gasteiger partial charge in [-0.15, -0.1) is 0 Å². The van der Waals surface area contributed by atoms with E-state index in [2.05, 4.69) is 20.3 Å². The molecular weight excluding hydrogens is 290 g/mol.